The molecule has 2 aliphatic rings. The zero-order valence-corrected chi connectivity index (χ0v) is 34.4. The summed E-state index contributed by atoms with van der Waals surface area (Å²) in [4.78, 5) is 9.52. The van der Waals surface area contributed by atoms with Gasteiger partial charge >= 0.3 is 0 Å². The zero-order chi connectivity index (χ0) is 40.6. The van der Waals surface area contributed by atoms with Gasteiger partial charge in [-0.3, -0.25) is 0 Å². The first kappa shape index (κ1) is 36.0. The molecule has 0 atom stereocenters. The van der Waals surface area contributed by atoms with Gasteiger partial charge in [-0.15, -0.1) is 0 Å². The van der Waals surface area contributed by atoms with E-state index >= 15 is 0 Å². The number of fused-ring (bicyclic) bond motifs is 6. The second kappa shape index (κ2) is 13.7. The Labute approximate surface area is 353 Å². The Kier molecular flexibility index (Phi) is 8.22. The van der Waals surface area contributed by atoms with E-state index in [1.807, 2.05) is 0 Å². The van der Waals surface area contributed by atoms with Crippen molar-refractivity contribution in [3.05, 3.63) is 217 Å². The van der Waals surface area contributed by atoms with Gasteiger partial charge < -0.3 is 0 Å². The van der Waals surface area contributed by atoms with Crippen molar-refractivity contribution < 1.29 is 0 Å². The van der Waals surface area contributed by atoms with Crippen molar-refractivity contribution in [3.63, 3.8) is 0 Å². The number of hydrogen-bond acceptors (Lipinski definition) is 2. The molecule has 1 heterocycles. The van der Waals surface area contributed by atoms with Gasteiger partial charge in [0, 0.05) is 22.0 Å². The summed E-state index contributed by atoms with van der Waals surface area (Å²) in [5.41, 5.74) is 24.4. The molecule has 0 amide bonds. The Morgan fingerprint density at radius 1 is 0.267 bits per heavy atom. The molecule has 2 aliphatic carbocycles. The monoisotopic (exact) mass is 768 g/mol. The summed E-state index contributed by atoms with van der Waals surface area (Å²) in [7, 11) is 0. The van der Waals surface area contributed by atoms with E-state index < -0.39 is 0 Å². The van der Waals surface area contributed by atoms with Gasteiger partial charge in [0.15, 0.2) is 0 Å². The largest absolute Gasteiger partial charge is 0.236 e. The summed E-state index contributed by atoms with van der Waals surface area (Å²) in [6.45, 7) is 9.36. The maximum Gasteiger partial charge on any atom is 0.116 e. The SMILES string of the molecule is CC1(C)c2ccccc2-c2ccc(-c3cccc(-c4cccc(-c5cc(-c6cccc(-c7cccc(-c8ccc9c(c8)C(C)(C)c8ccccc8-9)c7)c6)ncn5)c4)c3)cc21. The lowest BCUT2D eigenvalue weighted by atomic mass is 9.81. The quantitative estimate of drug-likeness (QED) is 0.168. The van der Waals surface area contributed by atoms with E-state index in [1.54, 1.807) is 6.33 Å². The topological polar surface area (TPSA) is 25.8 Å². The average Bonchev–Trinajstić information content (AvgIpc) is 3.68. The molecular weight excluding hydrogens is 725 g/mol. The zero-order valence-electron chi connectivity index (χ0n) is 34.4. The van der Waals surface area contributed by atoms with Crippen LogP contribution in [-0.4, -0.2) is 9.97 Å². The van der Waals surface area contributed by atoms with Gasteiger partial charge in [0.1, 0.15) is 6.33 Å². The third-order valence-corrected chi connectivity index (χ3v) is 13.2. The van der Waals surface area contributed by atoms with Crippen molar-refractivity contribution in [1.82, 2.24) is 9.97 Å². The molecular formula is C58H44N2. The standard InChI is InChI=1S/C58H44N2/c1-57(2)51-23-7-5-21-47(51)49-27-25-43(33-53(49)57)39-15-9-13-37(29-39)41-17-11-19-45(31-41)55-35-56(60-36-59-55)46-20-12-18-42(32-46)38-14-10-16-40(30-38)44-26-28-50-48-22-6-8-24-52(48)58(3,4)54(50)34-44/h5-36H,1-4H3. The van der Waals surface area contributed by atoms with Gasteiger partial charge in [-0.1, -0.05) is 173 Å². The van der Waals surface area contributed by atoms with Crippen LogP contribution in [0.5, 0.6) is 0 Å². The van der Waals surface area contributed by atoms with Crippen molar-refractivity contribution in [3.8, 4) is 89.3 Å². The molecule has 2 nitrogen and oxygen atoms in total. The summed E-state index contributed by atoms with van der Waals surface area (Å²) in [6, 6.07) is 68.9. The van der Waals surface area contributed by atoms with E-state index in [-0.39, 0.29) is 10.8 Å². The molecule has 0 radical (unpaired) electrons. The van der Waals surface area contributed by atoms with Crippen molar-refractivity contribution in [2.45, 2.75) is 38.5 Å². The van der Waals surface area contributed by atoms with E-state index in [0.717, 1.165) is 33.6 Å². The first-order valence-corrected chi connectivity index (χ1v) is 21.0. The maximum absolute atomic E-state index is 4.76. The molecule has 2 heteroatoms. The molecule has 9 aromatic rings. The molecule has 286 valence electrons. The maximum atomic E-state index is 4.76. The highest BCUT2D eigenvalue weighted by Crippen LogP contribution is 2.51. The molecule has 0 saturated heterocycles. The number of nitrogens with zero attached hydrogens (tertiary/aromatic N) is 2. The number of benzene rings is 8. The van der Waals surface area contributed by atoms with Gasteiger partial charge in [0.05, 0.1) is 11.4 Å². The van der Waals surface area contributed by atoms with E-state index in [2.05, 4.69) is 216 Å². The first-order chi connectivity index (χ1) is 29.2. The highest BCUT2D eigenvalue weighted by atomic mass is 14.8. The minimum atomic E-state index is -0.0361. The van der Waals surface area contributed by atoms with Crippen LogP contribution in [-0.2, 0) is 10.8 Å². The third-order valence-electron chi connectivity index (χ3n) is 13.2. The lowest BCUT2D eigenvalue weighted by Crippen LogP contribution is -2.14. The van der Waals surface area contributed by atoms with Gasteiger partial charge in [-0.25, -0.2) is 9.97 Å². The molecule has 0 N–H and O–H groups in total. The van der Waals surface area contributed by atoms with Crippen LogP contribution in [0.3, 0.4) is 0 Å². The minimum absolute atomic E-state index is 0.0361. The predicted octanol–water partition coefficient (Wildman–Crippen LogP) is 15.1. The molecule has 0 unspecified atom stereocenters. The van der Waals surface area contributed by atoms with E-state index in [1.165, 1.54) is 77.9 Å². The molecule has 0 spiro atoms. The van der Waals surface area contributed by atoms with Crippen molar-refractivity contribution >= 4 is 0 Å². The van der Waals surface area contributed by atoms with Crippen molar-refractivity contribution in [2.75, 3.05) is 0 Å². The van der Waals surface area contributed by atoms with Gasteiger partial charge in [-0.05, 0) is 131 Å². The Morgan fingerprint density at radius 2 is 0.583 bits per heavy atom. The summed E-state index contributed by atoms with van der Waals surface area (Å²) in [5.74, 6) is 0. The summed E-state index contributed by atoms with van der Waals surface area (Å²) >= 11 is 0. The lowest BCUT2D eigenvalue weighted by molar-refractivity contribution is 0.660. The fourth-order valence-electron chi connectivity index (χ4n) is 9.91. The summed E-state index contributed by atoms with van der Waals surface area (Å²) < 4.78 is 0. The van der Waals surface area contributed by atoms with Gasteiger partial charge in [0.25, 0.3) is 0 Å². The molecule has 60 heavy (non-hydrogen) atoms. The van der Waals surface area contributed by atoms with Crippen LogP contribution in [0.4, 0.5) is 0 Å². The molecule has 0 fully saturated rings. The first-order valence-electron chi connectivity index (χ1n) is 21.0. The molecule has 8 aromatic carbocycles. The van der Waals surface area contributed by atoms with Crippen LogP contribution in [0, 0.1) is 0 Å². The fraction of sp³-hybridized carbons (Fsp3) is 0.103. The van der Waals surface area contributed by atoms with Crippen LogP contribution in [0.1, 0.15) is 49.9 Å². The van der Waals surface area contributed by atoms with Crippen LogP contribution >= 0.6 is 0 Å². The third kappa shape index (κ3) is 5.86. The number of aromatic nitrogens is 2. The van der Waals surface area contributed by atoms with E-state index in [4.69, 9.17) is 9.97 Å². The Morgan fingerprint density at radius 3 is 0.983 bits per heavy atom. The normalized spacial score (nSPS) is 13.9. The van der Waals surface area contributed by atoms with Gasteiger partial charge in [-0.2, -0.15) is 0 Å². The molecule has 1 aromatic heterocycles. The highest BCUT2D eigenvalue weighted by Gasteiger charge is 2.36. The van der Waals surface area contributed by atoms with Crippen molar-refractivity contribution in [1.29, 1.82) is 0 Å². The van der Waals surface area contributed by atoms with Crippen molar-refractivity contribution in [2.24, 2.45) is 0 Å². The molecule has 0 aliphatic heterocycles. The van der Waals surface area contributed by atoms with Gasteiger partial charge in [0.2, 0.25) is 0 Å². The smallest absolute Gasteiger partial charge is 0.116 e. The van der Waals surface area contributed by atoms with Crippen LogP contribution in [0.2, 0.25) is 0 Å². The number of hydrogen-bond donors (Lipinski definition) is 0. The number of rotatable bonds is 6. The summed E-state index contributed by atoms with van der Waals surface area (Å²) in [5, 5.41) is 0. The second-order valence-corrected chi connectivity index (χ2v) is 17.5. The van der Waals surface area contributed by atoms with E-state index in [9.17, 15) is 0 Å². The summed E-state index contributed by atoms with van der Waals surface area (Å²) in [6.07, 6.45) is 1.69. The highest BCUT2D eigenvalue weighted by molar-refractivity contribution is 5.86. The Balaban J connectivity index is 0.869. The van der Waals surface area contributed by atoms with Crippen LogP contribution in [0.25, 0.3) is 89.3 Å². The predicted molar refractivity (Wildman–Crippen MR) is 250 cm³/mol. The van der Waals surface area contributed by atoms with Crippen LogP contribution in [0.15, 0.2) is 194 Å². The minimum Gasteiger partial charge on any atom is -0.236 e. The molecule has 11 rings (SSSR count). The molecule has 0 saturated carbocycles. The lowest BCUT2D eigenvalue weighted by Gasteiger charge is -2.22. The average molecular weight is 769 g/mol. The second-order valence-electron chi connectivity index (χ2n) is 17.5. The van der Waals surface area contributed by atoms with Crippen LogP contribution < -0.4 is 0 Å². The fourth-order valence-corrected chi connectivity index (χ4v) is 9.91. The molecule has 0 bridgehead atoms. The Bertz CT molecular complexity index is 2960. The van der Waals surface area contributed by atoms with E-state index in [0.29, 0.717) is 0 Å². The Hall–Kier alpha value is -7.16.